The molecule has 0 aliphatic rings. The smallest absolute Gasteiger partial charge is 0.263 e. The summed E-state index contributed by atoms with van der Waals surface area (Å²) in [7, 11) is 0. The van der Waals surface area contributed by atoms with Crippen LogP contribution in [0.5, 0.6) is 0 Å². The van der Waals surface area contributed by atoms with E-state index in [2.05, 4.69) is 20.7 Å². The lowest BCUT2D eigenvalue weighted by Crippen LogP contribution is -2.14. The van der Waals surface area contributed by atoms with E-state index in [9.17, 15) is 0 Å². The van der Waals surface area contributed by atoms with Gasteiger partial charge >= 0.3 is 0 Å². The molecule has 19 heavy (non-hydrogen) atoms. The Kier molecular flexibility index (Phi) is 5.59. The van der Waals surface area contributed by atoms with Crippen molar-refractivity contribution in [2.24, 2.45) is 5.10 Å². The van der Waals surface area contributed by atoms with E-state index in [0.717, 1.165) is 5.56 Å². The van der Waals surface area contributed by atoms with Crippen LogP contribution in [0.1, 0.15) is 18.3 Å². The molecule has 3 N–H and O–H groups in total. The van der Waals surface area contributed by atoms with Crippen molar-refractivity contribution in [2.75, 3.05) is 11.3 Å². The number of anilines is 1. The third kappa shape index (κ3) is 3.59. The summed E-state index contributed by atoms with van der Waals surface area (Å²) < 4.78 is 1.37. The van der Waals surface area contributed by atoms with E-state index in [0.29, 0.717) is 23.2 Å². The molecule has 0 unspecified atom stereocenters. The van der Waals surface area contributed by atoms with Gasteiger partial charge in [0, 0.05) is 17.0 Å². The van der Waals surface area contributed by atoms with Crippen LogP contribution >= 0.6 is 24.0 Å². The molecule has 0 radical (unpaired) electrons. The maximum atomic E-state index is 5.99. The van der Waals surface area contributed by atoms with Gasteiger partial charge in [0.2, 0.25) is 0 Å². The Hall–Kier alpha value is -1.79. The molecule has 1 aromatic heterocycles. The molecule has 2 aromatic rings. The van der Waals surface area contributed by atoms with Crippen molar-refractivity contribution in [3.05, 3.63) is 40.7 Å². The minimum atomic E-state index is 0. The maximum absolute atomic E-state index is 5.99. The number of nitrogen functional groups attached to an aromatic ring is 1. The van der Waals surface area contributed by atoms with E-state index in [4.69, 9.17) is 17.4 Å². The summed E-state index contributed by atoms with van der Waals surface area (Å²) in [6.45, 7) is 1.95. The molecule has 8 heteroatoms. The lowest BCUT2D eigenvalue weighted by Gasteiger charge is -2.01. The largest absolute Gasteiger partial charge is 0.335 e. The van der Waals surface area contributed by atoms with Gasteiger partial charge in [0.15, 0.2) is 5.82 Å². The van der Waals surface area contributed by atoms with Crippen LogP contribution in [-0.2, 0) is 6.42 Å². The van der Waals surface area contributed by atoms with Crippen molar-refractivity contribution in [3.8, 4) is 0 Å². The Morgan fingerprint density at radius 2 is 2.16 bits per heavy atom. The van der Waals surface area contributed by atoms with Gasteiger partial charge < -0.3 is 5.84 Å². The number of nitrogens with zero attached hydrogens (tertiary/aromatic N) is 4. The van der Waals surface area contributed by atoms with Gasteiger partial charge in [0.1, 0.15) is 0 Å². The Balaban J connectivity index is 0.00000180. The topological polar surface area (TPSA) is 81.1 Å². The second kappa shape index (κ2) is 6.96. The number of halogens is 2. The van der Waals surface area contributed by atoms with Crippen LogP contribution in [0.2, 0.25) is 5.02 Å². The zero-order chi connectivity index (χ0) is 13.0. The molecule has 0 bridgehead atoms. The Labute approximate surface area is 122 Å². The average molecular weight is 301 g/mol. The minimum Gasteiger partial charge on any atom is -0.335 e. The lowest BCUT2D eigenvalue weighted by molar-refractivity contribution is 0.855. The van der Waals surface area contributed by atoms with E-state index in [-0.39, 0.29) is 12.4 Å². The van der Waals surface area contributed by atoms with Crippen molar-refractivity contribution in [3.63, 3.8) is 0 Å². The lowest BCUT2D eigenvalue weighted by atomic mass is 10.2. The maximum Gasteiger partial charge on any atom is 0.263 e. The van der Waals surface area contributed by atoms with E-state index < -0.39 is 0 Å². The van der Waals surface area contributed by atoms with Crippen molar-refractivity contribution in [2.45, 2.75) is 13.3 Å². The molecule has 0 saturated carbocycles. The predicted octanol–water partition coefficient (Wildman–Crippen LogP) is 2.08. The Morgan fingerprint density at radius 1 is 1.42 bits per heavy atom. The number of nitrogens with one attached hydrogen (secondary N) is 1. The zero-order valence-electron chi connectivity index (χ0n) is 10.2. The number of hydrogen-bond acceptors (Lipinski definition) is 5. The highest BCUT2D eigenvalue weighted by atomic mass is 35.5. The summed E-state index contributed by atoms with van der Waals surface area (Å²) in [5.41, 5.74) is 3.53. The van der Waals surface area contributed by atoms with Gasteiger partial charge in [-0.05, 0) is 6.07 Å². The van der Waals surface area contributed by atoms with Crippen LogP contribution in [-0.4, -0.2) is 21.1 Å². The highest BCUT2D eigenvalue weighted by Crippen LogP contribution is 2.12. The van der Waals surface area contributed by atoms with Gasteiger partial charge in [-0.3, -0.25) is 0 Å². The van der Waals surface area contributed by atoms with E-state index in [1.807, 2.05) is 25.1 Å². The molecule has 1 aromatic carbocycles. The second-order valence-electron chi connectivity index (χ2n) is 3.55. The predicted molar refractivity (Wildman–Crippen MR) is 79.5 cm³/mol. The number of aryl methyl sites for hydroxylation is 1. The molecular formula is C11H14Cl2N6. The summed E-state index contributed by atoms with van der Waals surface area (Å²) in [6.07, 6.45) is 2.31. The second-order valence-corrected chi connectivity index (χ2v) is 3.96. The number of hydrazone groups is 1. The molecular weight excluding hydrogens is 287 g/mol. The molecule has 0 spiro atoms. The van der Waals surface area contributed by atoms with Crippen LogP contribution in [0.3, 0.4) is 0 Å². The van der Waals surface area contributed by atoms with Gasteiger partial charge in [0.25, 0.3) is 5.95 Å². The monoisotopic (exact) mass is 300 g/mol. The summed E-state index contributed by atoms with van der Waals surface area (Å²) >= 11 is 5.99. The third-order valence-electron chi connectivity index (χ3n) is 2.36. The fourth-order valence-electron chi connectivity index (χ4n) is 1.38. The fraction of sp³-hybridized carbons (Fsp3) is 0.182. The number of aromatic nitrogens is 3. The Bertz CT molecular complexity index is 566. The highest BCUT2D eigenvalue weighted by molar-refractivity contribution is 6.33. The zero-order valence-corrected chi connectivity index (χ0v) is 11.8. The minimum absolute atomic E-state index is 0. The normalized spacial score (nSPS) is 10.4. The molecule has 2 rings (SSSR count). The first-order valence-electron chi connectivity index (χ1n) is 5.45. The van der Waals surface area contributed by atoms with Crippen LogP contribution in [0.4, 0.5) is 5.95 Å². The van der Waals surface area contributed by atoms with Crippen LogP contribution in [0.15, 0.2) is 29.4 Å². The molecule has 6 nitrogen and oxygen atoms in total. The summed E-state index contributed by atoms with van der Waals surface area (Å²) in [5.74, 6) is 6.82. The summed E-state index contributed by atoms with van der Waals surface area (Å²) in [4.78, 5) is 0. The van der Waals surface area contributed by atoms with Crippen LogP contribution in [0.25, 0.3) is 0 Å². The highest BCUT2D eigenvalue weighted by Gasteiger charge is 2.05. The van der Waals surface area contributed by atoms with Crippen molar-refractivity contribution in [1.29, 1.82) is 0 Å². The van der Waals surface area contributed by atoms with E-state index in [1.54, 1.807) is 12.3 Å². The van der Waals surface area contributed by atoms with Gasteiger partial charge in [0.05, 0.1) is 6.21 Å². The molecule has 0 aliphatic carbocycles. The van der Waals surface area contributed by atoms with Crippen molar-refractivity contribution in [1.82, 2.24) is 14.9 Å². The van der Waals surface area contributed by atoms with E-state index >= 15 is 0 Å². The van der Waals surface area contributed by atoms with Crippen molar-refractivity contribution < 1.29 is 0 Å². The molecule has 0 aliphatic heterocycles. The molecule has 0 fully saturated rings. The van der Waals surface area contributed by atoms with Gasteiger partial charge in [-0.15, -0.1) is 22.6 Å². The van der Waals surface area contributed by atoms with E-state index in [1.165, 1.54) is 4.68 Å². The molecule has 102 valence electrons. The summed E-state index contributed by atoms with van der Waals surface area (Å²) in [6, 6.07) is 7.40. The van der Waals surface area contributed by atoms with Crippen LogP contribution < -0.4 is 11.3 Å². The van der Waals surface area contributed by atoms with Crippen molar-refractivity contribution >= 4 is 36.2 Å². The number of rotatable bonds is 4. The van der Waals surface area contributed by atoms with Gasteiger partial charge in [-0.1, -0.05) is 36.7 Å². The molecule has 0 saturated heterocycles. The Morgan fingerprint density at radius 3 is 2.79 bits per heavy atom. The summed E-state index contributed by atoms with van der Waals surface area (Å²) in [5, 5.41) is 12.4. The SMILES string of the molecule is CCc1nnc(N/N=C/c2ccccc2Cl)n1N.Cl. The first-order valence-corrected chi connectivity index (χ1v) is 5.83. The van der Waals surface area contributed by atoms with Crippen LogP contribution in [0, 0.1) is 0 Å². The third-order valence-corrected chi connectivity index (χ3v) is 2.70. The quantitative estimate of drug-likeness (QED) is 0.514. The fourth-order valence-corrected chi connectivity index (χ4v) is 1.56. The number of hydrogen-bond donors (Lipinski definition) is 2. The average Bonchev–Trinajstić information content (AvgIpc) is 2.73. The molecule has 0 amide bonds. The van der Waals surface area contributed by atoms with Gasteiger partial charge in [-0.2, -0.15) is 5.10 Å². The first kappa shape index (κ1) is 15.3. The number of benzene rings is 1. The standard InChI is InChI=1S/C11H13ClN6.ClH/c1-2-10-15-17-11(18(10)13)16-14-7-8-5-3-4-6-9(8)12;/h3-7H,2,13H2,1H3,(H,16,17);1H/b14-7+;. The number of nitrogens with two attached hydrogens (primary N) is 1. The first-order chi connectivity index (χ1) is 8.72. The van der Waals surface area contributed by atoms with Gasteiger partial charge in [-0.25, -0.2) is 10.1 Å². The molecule has 1 heterocycles. The molecule has 0 atom stereocenters.